The quantitative estimate of drug-likeness (QED) is 0.606. The van der Waals surface area contributed by atoms with Crippen molar-refractivity contribution in [3.63, 3.8) is 0 Å². The zero-order valence-electron chi connectivity index (χ0n) is 15.0. The number of benzene rings is 1. The lowest BCUT2D eigenvalue weighted by atomic mass is 9.86. The maximum atomic E-state index is 12.8. The number of hydrogen-bond donors (Lipinski definition) is 0. The summed E-state index contributed by atoms with van der Waals surface area (Å²) in [6.07, 6.45) is 4.82. The normalized spacial score (nSPS) is 14.9. The van der Waals surface area contributed by atoms with Gasteiger partial charge in [-0.3, -0.25) is 4.79 Å². The fourth-order valence-corrected chi connectivity index (χ4v) is 4.17. The van der Waals surface area contributed by atoms with Crippen LogP contribution in [0.2, 0.25) is 0 Å². The van der Waals surface area contributed by atoms with Crippen molar-refractivity contribution in [3.05, 3.63) is 63.5 Å². The zero-order chi connectivity index (χ0) is 18.8. The number of ether oxygens (including phenoxy) is 1. The van der Waals surface area contributed by atoms with Crippen molar-refractivity contribution in [2.24, 2.45) is 0 Å². The van der Waals surface area contributed by atoms with Crippen LogP contribution in [-0.2, 0) is 16.0 Å². The Balaban J connectivity index is 1.89. The van der Waals surface area contributed by atoms with Crippen LogP contribution in [0, 0.1) is 0 Å². The van der Waals surface area contributed by atoms with Gasteiger partial charge in [-0.25, -0.2) is 9.78 Å². The van der Waals surface area contributed by atoms with Crippen molar-refractivity contribution in [2.45, 2.75) is 26.2 Å². The van der Waals surface area contributed by atoms with Crippen LogP contribution in [0.15, 0.2) is 41.8 Å². The number of ketones is 1. The minimum absolute atomic E-state index is 0.172. The van der Waals surface area contributed by atoms with Crippen LogP contribution in [0.3, 0.4) is 0 Å². The molecular weight excluding hydrogens is 358 g/mol. The second kappa shape index (κ2) is 7.45. The molecule has 3 aromatic rings. The van der Waals surface area contributed by atoms with E-state index in [0.717, 1.165) is 47.0 Å². The highest BCUT2D eigenvalue weighted by Crippen LogP contribution is 2.36. The van der Waals surface area contributed by atoms with Gasteiger partial charge in [0.05, 0.1) is 16.8 Å². The lowest BCUT2D eigenvalue weighted by Crippen LogP contribution is -2.17. The molecule has 0 fully saturated rings. The molecule has 136 valence electrons. The number of fused-ring (bicyclic) bond motifs is 2. The van der Waals surface area contributed by atoms with Crippen molar-refractivity contribution >= 4 is 45.6 Å². The van der Waals surface area contributed by atoms with Crippen LogP contribution < -0.4 is 0 Å². The summed E-state index contributed by atoms with van der Waals surface area (Å²) >= 11 is 1.68. The van der Waals surface area contributed by atoms with Crippen LogP contribution in [0.1, 0.15) is 46.3 Å². The Hall–Kier alpha value is -2.79. The third kappa shape index (κ3) is 3.55. The topological polar surface area (TPSA) is 56.3 Å². The lowest BCUT2D eigenvalue weighted by molar-refractivity contribution is -0.120. The molecule has 4 nitrogen and oxygen atoms in total. The first-order valence-corrected chi connectivity index (χ1v) is 9.84. The van der Waals surface area contributed by atoms with E-state index in [-0.39, 0.29) is 12.4 Å². The number of nitrogens with zero attached hydrogens (tertiary/aromatic N) is 1. The first-order valence-electron chi connectivity index (χ1n) is 8.96. The van der Waals surface area contributed by atoms with Gasteiger partial charge in [-0.1, -0.05) is 24.3 Å². The van der Waals surface area contributed by atoms with E-state index < -0.39 is 5.97 Å². The van der Waals surface area contributed by atoms with Gasteiger partial charge in [-0.15, -0.1) is 11.3 Å². The summed E-state index contributed by atoms with van der Waals surface area (Å²) < 4.78 is 5.27. The largest absolute Gasteiger partial charge is 0.454 e. The van der Waals surface area contributed by atoms with Crippen LogP contribution >= 0.6 is 11.3 Å². The van der Waals surface area contributed by atoms with E-state index in [2.05, 4.69) is 17.5 Å². The highest BCUT2D eigenvalue weighted by atomic mass is 32.1. The predicted molar refractivity (Wildman–Crippen MR) is 108 cm³/mol. The van der Waals surface area contributed by atoms with Crippen molar-refractivity contribution < 1.29 is 14.3 Å². The number of carbonyl (C=O) groups excluding carboxylic acids is 2. The third-order valence-corrected chi connectivity index (χ3v) is 5.46. The van der Waals surface area contributed by atoms with Crippen LogP contribution in [0.4, 0.5) is 0 Å². The summed E-state index contributed by atoms with van der Waals surface area (Å²) in [7, 11) is 0. The highest BCUT2D eigenvalue weighted by Gasteiger charge is 2.26. The molecule has 5 heteroatoms. The number of rotatable bonds is 4. The Kier molecular flexibility index (Phi) is 4.86. The number of esters is 1. The molecule has 2 heterocycles. The first kappa shape index (κ1) is 17.6. The molecule has 0 aliphatic heterocycles. The molecule has 0 unspecified atom stereocenters. The predicted octanol–water partition coefficient (Wildman–Crippen LogP) is 4.92. The van der Waals surface area contributed by atoms with Crippen molar-refractivity contribution in [2.75, 3.05) is 6.61 Å². The Morgan fingerprint density at radius 2 is 2.04 bits per heavy atom. The van der Waals surface area contributed by atoms with Gasteiger partial charge < -0.3 is 4.74 Å². The van der Waals surface area contributed by atoms with Gasteiger partial charge in [-0.05, 0) is 60.9 Å². The molecule has 27 heavy (non-hydrogen) atoms. The average Bonchev–Trinajstić information content (AvgIpc) is 3.18. The number of pyridine rings is 1. The van der Waals surface area contributed by atoms with E-state index in [1.807, 2.05) is 30.3 Å². The summed E-state index contributed by atoms with van der Waals surface area (Å²) in [5, 5.41) is 2.83. The molecule has 0 saturated carbocycles. The third-order valence-electron chi connectivity index (χ3n) is 4.64. The van der Waals surface area contributed by atoms with Gasteiger partial charge in [0.1, 0.15) is 6.61 Å². The molecule has 0 amide bonds. The Bertz CT molecular complexity index is 1050. The summed E-state index contributed by atoms with van der Waals surface area (Å²) in [6.45, 7) is 1.21. The average molecular weight is 377 g/mol. The summed E-state index contributed by atoms with van der Waals surface area (Å²) in [6, 6.07) is 11.7. The Morgan fingerprint density at radius 1 is 1.19 bits per heavy atom. The molecule has 1 aliphatic carbocycles. The van der Waals surface area contributed by atoms with E-state index in [1.54, 1.807) is 11.3 Å². The van der Waals surface area contributed by atoms with Gasteiger partial charge in [0.15, 0.2) is 5.78 Å². The molecule has 0 atom stereocenters. The van der Waals surface area contributed by atoms with Gasteiger partial charge in [0.25, 0.3) is 0 Å². The maximum Gasteiger partial charge on any atom is 0.339 e. The van der Waals surface area contributed by atoms with E-state index in [9.17, 15) is 9.59 Å². The minimum atomic E-state index is -0.447. The molecule has 2 aromatic heterocycles. The standard InChI is InChI=1S/C22H19NO3S/c1-14(24)13-26-22(25)20-17-8-2-3-10-19(17)23-21-15(6-4-9-18(20)21)12-16-7-5-11-27-16/h2-3,5,7-8,10-12H,4,6,9,13H2,1H3. The van der Waals surface area contributed by atoms with E-state index in [4.69, 9.17) is 9.72 Å². The molecule has 0 N–H and O–H groups in total. The lowest BCUT2D eigenvalue weighted by Gasteiger charge is -2.22. The molecule has 1 aliphatic rings. The molecule has 0 spiro atoms. The van der Waals surface area contributed by atoms with Crippen molar-refractivity contribution in [1.29, 1.82) is 0 Å². The molecular formula is C22H19NO3S. The molecule has 0 saturated heterocycles. The summed E-state index contributed by atoms with van der Waals surface area (Å²) in [5.41, 5.74) is 4.27. The molecule has 0 bridgehead atoms. The number of aromatic nitrogens is 1. The first-order chi connectivity index (χ1) is 13.1. The van der Waals surface area contributed by atoms with Gasteiger partial charge in [0.2, 0.25) is 0 Å². The fraction of sp³-hybridized carbons (Fsp3) is 0.227. The number of para-hydroxylation sites is 1. The fourth-order valence-electron chi connectivity index (χ4n) is 3.49. The Morgan fingerprint density at radius 3 is 2.81 bits per heavy atom. The number of Topliss-reactive ketones (excluding diaryl/α,β-unsaturated/α-hetero) is 1. The molecule has 1 aromatic carbocycles. The monoisotopic (exact) mass is 377 g/mol. The summed E-state index contributed by atoms with van der Waals surface area (Å²) in [4.78, 5) is 30.2. The van der Waals surface area contributed by atoms with Gasteiger partial charge in [0, 0.05) is 10.3 Å². The number of thiophene rings is 1. The van der Waals surface area contributed by atoms with E-state index in [0.29, 0.717) is 5.56 Å². The van der Waals surface area contributed by atoms with Crippen LogP contribution in [0.5, 0.6) is 0 Å². The van der Waals surface area contributed by atoms with E-state index in [1.165, 1.54) is 11.8 Å². The summed E-state index contributed by atoms with van der Waals surface area (Å²) in [5.74, 6) is -0.619. The van der Waals surface area contributed by atoms with Crippen molar-refractivity contribution in [1.82, 2.24) is 4.98 Å². The minimum Gasteiger partial charge on any atom is -0.454 e. The maximum absolute atomic E-state index is 12.8. The number of allylic oxidation sites excluding steroid dienone is 1. The van der Waals surface area contributed by atoms with Crippen LogP contribution in [-0.4, -0.2) is 23.3 Å². The number of carbonyl (C=O) groups is 2. The van der Waals surface area contributed by atoms with Gasteiger partial charge in [-0.2, -0.15) is 0 Å². The smallest absolute Gasteiger partial charge is 0.339 e. The van der Waals surface area contributed by atoms with Crippen molar-refractivity contribution in [3.8, 4) is 0 Å². The SMILES string of the molecule is CC(=O)COC(=O)c1c2c(nc3ccccc13)C(=Cc1cccs1)CCC2. The molecule has 0 radical (unpaired) electrons. The second-order valence-corrected chi connectivity index (χ2v) is 7.63. The van der Waals surface area contributed by atoms with Crippen LogP contribution in [0.25, 0.3) is 22.6 Å². The van der Waals surface area contributed by atoms with Gasteiger partial charge >= 0.3 is 5.97 Å². The zero-order valence-corrected chi connectivity index (χ0v) is 15.8. The molecule has 4 rings (SSSR count). The number of hydrogen-bond acceptors (Lipinski definition) is 5. The van der Waals surface area contributed by atoms with E-state index >= 15 is 0 Å². The second-order valence-electron chi connectivity index (χ2n) is 6.65. The Labute approximate surface area is 161 Å². The highest BCUT2D eigenvalue weighted by molar-refractivity contribution is 7.10.